The van der Waals surface area contributed by atoms with Gasteiger partial charge >= 0.3 is 0 Å². The molecule has 0 radical (unpaired) electrons. The van der Waals surface area contributed by atoms with E-state index < -0.39 is 5.41 Å². The van der Waals surface area contributed by atoms with Crippen molar-refractivity contribution in [3.8, 4) is 6.07 Å². The molecule has 0 amide bonds. The fourth-order valence-corrected chi connectivity index (χ4v) is 3.31. The van der Waals surface area contributed by atoms with E-state index in [-0.39, 0.29) is 0 Å². The summed E-state index contributed by atoms with van der Waals surface area (Å²) in [6.45, 7) is 14.2. The molecule has 0 spiro atoms. The van der Waals surface area contributed by atoms with E-state index in [1.807, 2.05) is 18.3 Å². The Balaban J connectivity index is 3.04. The van der Waals surface area contributed by atoms with Crippen molar-refractivity contribution in [2.75, 3.05) is 6.54 Å². The van der Waals surface area contributed by atoms with Crippen molar-refractivity contribution in [1.29, 1.82) is 5.26 Å². The van der Waals surface area contributed by atoms with Crippen LogP contribution in [-0.2, 0) is 5.41 Å². The quantitative estimate of drug-likeness (QED) is 0.714. The lowest BCUT2D eigenvalue weighted by molar-refractivity contribution is 0.159. The van der Waals surface area contributed by atoms with E-state index in [4.69, 9.17) is 0 Å². The molecule has 1 heterocycles. The monoisotopic (exact) mass is 301 g/mol. The fraction of sp³-hybridized carbons (Fsp3) is 0.684. The van der Waals surface area contributed by atoms with Crippen LogP contribution in [0.4, 0.5) is 0 Å². The minimum absolute atomic E-state index is 0.440. The first-order valence-electron chi connectivity index (χ1n) is 8.40. The van der Waals surface area contributed by atoms with Crippen LogP contribution in [0.1, 0.15) is 59.9 Å². The summed E-state index contributed by atoms with van der Waals surface area (Å²) in [5.41, 5.74) is 0.614. The Morgan fingerprint density at radius 3 is 2.23 bits per heavy atom. The molecule has 1 aromatic heterocycles. The maximum absolute atomic E-state index is 9.97. The van der Waals surface area contributed by atoms with Gasteiger partial charge in [-0.1, -0.05) is 19.9 Å². The lowest BCUT2D eigenvalue weighted by atomic mass is 9.73. The van der Waals surface area contributed by atoms with E-state index >= 15 is 0 Å². The summed E-state index contributed by atoms with van der Waals surface area (Å²) in [5, 5.41) is 9.97. The molecule has 1 atom stereocenters. The molecule has 0 aromatic carbocycles. The van der Waals surface area contributed by atoms with Gasteiger partial charge in [0, 0.05) is 31.0 Å². The summed E-state index contributed by atoms with van der Waals surface area (Å²) < 4.78 is 0. The van der Waals surface area contributed by atoms with Crippen molar-refractivity contribution in [3.63, 3.8) is 0 Å². The topological polar surface area (TPSA) is 39.9 Å². The summed E-state index contributed by atoms with van der Waals surface area (Å²) in [6, 6.07) is 7.59. The highest BCUT2D eigenvalue weighted by molar-refractivity contribution is 5.30. The predicted octanol–water partition coefficient (Wildman–Crippen LogP) is 4.40. The van der Waals surface area contributed by atoms with Crippen LogP contribution < -0.4 is 0 Å². The second-order valence-corrected chi connectivity index (χ2v) is 7.21. The van der Waals surface area contributed by atoms with Gasteiger partial charge in [0.2, 0.25) is 0 Å². The third-order valence-electron chi connectivity index (χ3n) is 4.31. The lowest BCUT2D eigenvalue weighted by Gasteiger charge is -2.35. The van der Waals surface area contributed by atoms with Crippen molar-refractivity contribution < 1.29 is 0 Å². The molecular weight excluding hydrogens is 270 g/mol. The smallest absolute Gasteiger partial charge is 0.0851 e. The number of hydrogen-bond donors (Lipinski definition) is 0. The molecule has 122 valence electrons. The molecular formula is C19H31N3. The zero-order valence-electron chi connectivity index (χ0n) is 15.0. The summed E-state index contributed by atoms with van der Waals surface area (Å²) in [4.78, 5) is 6.70. The molecule has 0 saturated heterocycles. The highest BCUT2D eigenvalue weighted by Crippen LogP contribution is 2.34. The number of nitriles is 1. The van der Waals surface area contributed by atoms with E-state index in [0.29, 0.717) is 18.0 Å². The second-order valence-electron chi connectivity index (χ2n) is 7.21. The Morgan fingerprint density at radius 1 is 1.18 bits per heavy atom. The van der Waals surface area contributed by atoms with E-state index in [1.165, 1.54) is 0 Å². The van der Waals surface area contributed by atoms with E-state index in [0.717, 1.165) is 24.9 Å². The lowest BCUT2D eigenvalue weighted by Crippen LogP contribution is -2.41. The maximum Gasteiger partial charge on any atom is 0.0851 e. The van der Waals surface area contributed by atoms with Gasteiger partial charge in [-0.3, -0.25) is 9.88 Å². The van der Waals surface area contributed by atoms with E-state index in [1.54, 1.807) is 6.20 Å². The zero-order chi connectivity index (χ0) is 16.8. The number of rotatable bonds is 8. The van der Waals surface area contributed by atoms with Gasteiger partial charge in [0.1, 0.15) is 0 Å². The first-order valence-corrected chi connectivity index (χ1v) is 8.40. The van der Waals surface area contributed by atoms with Crippen molar-refractivity contribution in [2.24, 2.45) is 5.92 Å². The van der Waals surface area contributed by atoms with Crippen LogP contribution in [-0.4, -0.2) is 28.5 Å². The van der Waals surface area contributed by atoms with Crippen LogP contribution in [0.15, 0.2) is 24.5 Å². The highest BCUT2D eigenvalue weighted by Gasteiger charge is 2.34. The third kappa shape index (κ3) is 4.81. The molecule has 0 fully saturated rings. The molecule has 0 aliphatic carbocycles. The van der Waals surface area contributed by atoms with Gasteiger partial charge in [-0.05, 0) is 58.1 Å². The van der Waals surface area contributed by atoms with Crippen LogP contribution >= 0.6 is 0 Å². The first kappa shape index (κ1) is 18.6. The highest BCUT2D eigenvalue weighted by atomic mass is 15.2. The Hall–Kier alpha value is -1.40. The zero-order valence-corrected chi connectivity index (χ0v) is 15.0. The summed E-state index contributed by atoms with van der Waals surface area (Å²) in [5.74, 6) is 0.478. The normalized spacial score (nSPS) is 14.6. The predicted molar refractivity (Wildman–Crippen MR) is 92.6 cm³/mol. The SMILES string of the molecule is CC(C)C[C@@](C#N)(CCN(C(C)C)C(C)C)c1cccnc1. The van der Waals surface area contributed by atoms with Crippen LogP contribution in [0.2, 0.25) is 0 Å². The summed E-state index contributed by atoms with van der Waals surface area (Å²) in [7, 11) is 0. The van der Waals surface area contributed by atoms with Crippen molar-refractivity contribution >= 4 is 0 Å². The molecule has 0 saturated carbocycles. The average molecular weight is 301 g/mol. The van der Waals surface area contributed by atoms with E-state index in [2.05, 4.69) is 57.5 Å². The Bertz CT molecular complexity index is 465. The molecule has 3 nitrogen and oxygen atoms in total. The van der Waals surface area contributed by atoms with Crippen LogP contribution in [0.25, 0.3) is 0 Å². The Morgan fingerprint density at radius 2 is 1.82 bits per heavy atom. The average Bonchev–Trinajstić information content (AvgIpc) is 2.46. The minimum atomic E-state index is -0.440. The number of pyridine rings is 1. The Labute approximate surface area is 136 Å². The van der Waals surface area contributed by atoms with Crippen molar-refractivity contribution in [3.05, 3.63) is 30.1 Å². The molecule has 0 N–H and O–H groups in total. The fourth-order valence-electron chi connectivity index (χ4n) is 3.31. The van der Waals surface area contributed by atoms with Gasteiger partial charge in [0.05, 0.1) is 11.5 Å². The number of nitrogens with zero attached hydrogens (tertiary/aromatic N) is 3. The van der Waals surface area contributed by atoms with Gasteiger partial charge < -0.3 is 0 Å². The number of aromatic nitrogens is 1. The van der Waals surface area contributed by atoms with E-state index in [9.17, 15) is 5.26 Å². The van der Waals surface area contributed by atoms with Gasteiger partial charge in [-0.2, -0.15) is 5.26 Å². The van der Waals surface area contributed by atoms with Crippen LogP contribution in [0, 0.1) is 17.2 Å². The molecule has 1 aromatic rings. The molecule has 0 bridgehead atoms. The number of hydrogen-bond acceptors (Lipinski definition) is 3. The van der Waals surface area contributed by atoms with Crippen LogP contribution in [0.5, 0.6) is 0 Å². The second kappa shape index (κ2) is 8.29. The van der Waals surface area contributed by atoms with Crippen molar-refractivity contribution in [2.45, 2.75) is 71.9 Å². The molecule has 0 aliphatic heterocycles. The van der Waals surface area contributed by atoms with Gasteiger partial charge in [0.25, 0.3) is 0 Å². The largest absolute Gasteiger partial charge is 0.298 e. The standard InChI is InChI=1S/C19H31N3/c1-15(2)12-19(14-20,18-8-7-10-21-13-18)9-11-22(16(3)4)17(5)6/h7-8,10,13,15-17H,9,11-12H2,1-6H3/t19-/m1/s1. The van der Waals surface area contributed by atoms with Crippen LogP contribution in [0.3, 0.4) is 0 Å². The Kier molecular flexibility index (Phi) is 7.03. The molecule has 0 unspecified atom stereocenters. The summed E-state index contributed by atoms with van der Waals surface area (Å²) in [6.07, 6.45) is 5.36. The summed E-state index contributed by atoms with van der Waals surface area (Å²) >= 11 is 0. The third-order valence-corrected chi connectivity index (χ3v) is 4.31. The molecule has 22 heavy (non-hydrogen) atoms. The van der Waals surface area contributed by atoms with Crippen molar-refractivity contribution in [1.82, 2.24) is 9.88 Å². The van der Waals surface area contributed by atoms with Gasteiger partial charge in [0.15, 0.2) is 0 Å². The minimum Gasteiger partial charge on any atom is -0.298 e. The maximum atomic E-state index is 9.97. The van der Waals surface area contributed by atoms with Gasteiger partial charge in [-0.15, -0.1) is 0 Å². The molecule has 0 aliphatic rings. The molecule has 3 heteroatoms. The molecule has 1 rings (SSSR count). The first-order chi connectivity index (χ1) is 10.3. The van der Waals surface area contributed by atoms with Gasteiger partial charge in [-0.25, -0.2) is 0 Å².